The fraction of sp³-hybridized carbons (Fsp3) is 0.143. The zero-order valence-electron chi connectivity index (χ0n) is 7.27. The van der Waals surface area contributed by atoms with Crippen LogP contribution in [0, 0.1) is 0 Å². The molecular weight excluding hydrogens is 200 g/mol. The predicted octanol–water partition coefficient (Wildman–Crippen LogP) is 0.608. The van der Waals surface area contributed by atoms with Crippen LogP contribution in [0.2, 0.25) is 0 Å². The summed E-state index contributed by atoms with van der Waals surface area (Å²) in [6.07, 6.45) is 1.79. The van der Waals surface area contributed by atoms with Gasteiger partial charge in [-0.2, -0.15) is 15.3 Å². The summed E-state index contributed by atoms with van der Waals surface area (Å²) in [7, 11) is 0. The molecule has 2 rings (SSSR count). The molecule has 2 aromatic rings. The van der Waals surface area contributed by atoms with Crippen LogP contribution in [0.15, 0.2) is 17.7 Å². The predicted molar refractivity (Wildman–Crippen MR) is 54.8 cm³/mol. The van der Waals surface area contributed by atoms with Crippen LogP contribution < -0.4 is 5.73 Å². The van der Waals surface area contributed by atoms with Crippen molar-refractivity contribution in [2.75, 3.05) is 11.5 Å². The summed E-state index contributed by atoms with van der Waals surface area (Å²) in [5.41, 5.74) is 6.65. The highest BCUT2D eigenvalue weighted by Crippen LogP contribution is 2.22. The second-order valence-electron chi connectivity index (χ2n) is 2.48. The first-order valence-corrected chi connectivity index (χ1v) is 4.87. The molecule has 0 fully saturated rings. The number of aromatic amines is 1. The van der Waals surface area contributed by atoms with Crippen LogP contribution >= 0.6 is 11.8 Å². The van der Waals surface area contributed by atoms with Gasteiger partial charge < -0.3 is 5.73 Å². The van der Waals surface area contributed by atoms with Gasteiger partial charge in [0.2, 0.25) is 11.6 Å². The van der Waals surface area contributed by atoms with Crippen LogP contribution in [0.25, 0.3) is 11.2 Å². The number of nitrogen functional groups attached to an aromatic ring is 1. The van der Waals surface area contributed by atoms with Crippen molar-refractivity contribution < 1.29 is 0 Å². The Balaban J connectivity index is 2.49. The van der Waals surface area contributed by atoms with Crippen LogP contribution in [-0.2, 0) is 0 Å². The van der Waals surface area contributed by atoms with Crippen molar-refractivity contribution in [3.05, 3.63) is 12.7 Å². The van der Waals surface area contributed by atoms with Crippen molar-refractivity contribution in [2.45, 2.75) is 5.03 Å². The lowest BCUT2D eigenvalue weighted by molar-refractivity contribution is 0.952. The van der Waals surface area contributed by atoms with E-state index in [9.17, 15) is 0 Å². The number of thioether (sulfide) groups is 1. The van der Waals surface area contributed by atoms with E-state index in [0.29, 0.717) is 11.2 Å². The average molecular weight is 208 g/mol. The number of nitrogens with zero attached hydrogens (tertiary/aromatic N) is 4. The molecule has 0 aliphatic carbocycles. The Labute approximate surface area is 84.0 Å². The SMILES string of the molecule is C=CCSc1nc(N)nc2n[nH]nc12. The molecule has 2 heterocycles. The van der Waals surface area contributed by atoms with Gasteiger partial charge in [0.25, 0.3) is 0 Å². The number of hydrogen-bond donors (Lipinski definition) is 2. The summed E-state index contributed by atoms with van der Waals surface area (Å²) in [5, 5.41) is 11.0. The molecule has 0 spiro atoms. The summed E-state index contributed by atoms with van der Waals surface area (Å²) >= 11 is 1.50. The number of fused-ring (bicyclic) bond motifs is 1. The Morgan fingerprint density at radius 3 is 3.07 bits per heavy atom. The van der Waals surface area contributed by atoms with Gasteiger partial charge >= 0.3 is 0 Å². The number of aromatic nitrogens is 5. The van der Waals surface area contributed by atoms with E-state index in [1.54, 1.807) is 6.08 Å². The molecule has 72 valence electrons. The lowest BCUT2D eigenvalue weighted by atomic mass is 10.5. The van der Waals surface area contributed by atoms with Crippen molar-refractivity contribution >= 4 is 28.9 Å². The topological polar surface area (TPSA) is 93.4 Å². The van der Waals surface area contributed by atoms with Gasteiger partial charge in [0, 0.05) is 5.75 Å². The van der Waals surface area contributed by atoms with Gasteiger partial charge in [0.15, 0.2) is 5.52 Å². The molecule has 7 heteroatoms. The monoisotopic (exact) mass is 208 g/mol. The summed E-state index contributed by atoms with van der Waals surface area (Å²) in [6.45, 7) is 3.63. The molecule has 0 amide bonds. The van der Waals surface area contributed by atoms with Crippen LogP contribution in [0.3, 0.4) is 0 Å². The fourth-order valence-corrected chi connectivity index (χ4v) is 1.68. The second kappa shape index (κ2) is 3.62. The van der Waals surface area contributed by atoms with Gasteiger partial charge in [-0.15, -0.1) is 11.7 Å². The maximum absolute atomic E-state index is 5.51. The van der Waals surface area contributed by atoms with Gasteiger partial charge in [0.1, 0.15) is 5.03 Å². The molecule has 0 aliphatic heterocycles. The van der Waals surface area contributed by atoms with Gasteiger partial charge in [-0.3, -0.25) is 0 Å². The lowest BCUT2D eigenvalue weighted by Crippen LogP contribution is -1.97. The van der Waals surface area contributed by atoms with Gasteiger partial charge in [-0.05, 0) is 0 Å². The molecule has 0 bridgehead atoms. The molecule has 0 saturated heterocycles. The van der Waals surface area contributed by atoms with Crippen molar-refractivity contribution in [3.8, 4) is 0 Å². The van der Waals surface area contributed by atoms with Crippen LogP contribution in [-0.4, -0.2) is 31.1 Å². The molecule has 0 saturated carbocycles. The number of anilines is 1. The van der Waals surface area contributed by atoms with E-state index in [2.05, 4.69) is 32.0 Å². The van der Waals surface area contributed by atoms with E-state index in [1.807, 2.05) is 0 Å². The third kappa shape index (κ3) is 1.53. The molecule has 2 aromatic heterocycles. The summed E-state index contributed by atoms with van der Waals surface area (Å²) < 4.78 is 0. The number of H-pyrrole nitrogens is 1. The zero-order valence-corrected chi connectivity index (χ0v) is 8.08. The van der Waals surface area contributed by atoms with Crippen molar-refractivity contribution in [3.63, 3.8) is 0 Å². The van der Waals surface area contributed by atoms with Gasteiger partial charge in [0.05, 0.1) is 0 Å². The third-order valence-corrected chi connectivity index (χ3v) is 2.47. The maximum Gasteiger partial charge on any atom is 0.223 e. The highest BCUT2D eigenvalue weighted by molar-refractivity contribution is 7.99. The first kappa shape index (κ1) is 8.95. The largest absolute Gasteiger partial charge is 0.368 e. The summed E-state index contributed by atoms with van der Waals surface area (Å²) in [5.74, 6) is 0.955. The number of nitrogens with one attached hydrogen (secondary N) is 1. The van der Waals surface area contributed by atoms with E-state index >= 15 is 0 Å². The van der Waals surface area contributed by atoms with E-state index in [4.69, 9.17) is 5.73 Å². The van der Waals surface area contributed by atoms with E-state index in [1.165, 1.54) is 11.8 Å². The maximum atomic E-state index is 5.51. The minimum Gasteiger partial charge on any atom is -0.368 e. The smallest absolute Gasteiger partial charge is 0.223 e. The second-order valence-corrected chi connectivity index (χ2v) is 3.49. The number of rotatable bonds is 3. The highest BCUT2D eigenvalue weighted by Gasteiger charge is 2.09. The first-order chi connectivity index (χ1) is 6.81. The first-order valence-electron chi connectivity index (χ1n) is 3.89. The Morgan fingerprint density at radius 1 is 1.43 bits per heavy atom. The third-order valence-electron chi connectivity index (χ3n) is 1.51. The lowest BCUT2D eigenvalue weighted by Gasteiger charge is -1.98. The van der Waals surface area contributed by atoms with Crippen LogP contribution in [0.5, 0.6) is 0 Å². The molecule has 3 N–H and O–H groups in total. The summed E-state index contributed by atoms with van der Waals surface area (Å²) in [4.78, 5) is 8.00. The minimum absolute atomic E-state index is 0.206. The van der Waals surface area contributed by atoms with Gasteiger partial charge in [-0.25, -0.2) is 4.98 Å². The van der Waals surface area contributed by atoms with Crippen molar-refractivity contribution in [1.82, 2.24) is 25.4 Å². The Kier molecular flexibility index (Phi) is 2.32. The molecule has 0 aliphatic rings. The molecule has 0 radical (unpaired) electrons. The van der Waals surface area contributed by atoms with E-state index in [0.717, 1.165) is 10.8 Å². The van der Waals surface area contributed by atoms with Crippen molar-refractivity contribution in [1.29, 1.82) is 0 Å². The summed E-state index contributed by atoms with van der Waals surface area (Å²) in [6, 6.07) is 0. The Morgan fingerprint density at radius 2 is 2.29 bits per heavy atom. The fourth-order valence-electron chi connectivity index (χ4n) is 0.976. The van der Waals surface area contributed by atoms with E-state index < -0.39 is 0 Å². The molecule has 14 heavy (non-hydrogen) atoms. The van der Waals surface area contributed by atoms with E-state index in [-0.39, 0.29) is 5.95 Å². The highest BCUT2D eigenvalue weighted by atomic mass is 32.2. The molecular formula is C7H8N6S. The standard InChI is InChI=1S/C7H8N6S/c1-2-3-14-6-4-5(12-13-11-4)9-7(8)10-6/h2H,1,3H2,(H3,8,9,10,11,12,13). The minimum atomic E-state index is 0.206. The molecule has 0 unspecified atom stereocenters. The molecule has 0 atom stereocenters. The van der Waals surface area contributed by atoms with Crippen molar-refractivity contribution in [2.24, 2.45) is 0 Å². The average Bonchev–Trinajstić information content (AvgIpc) is 2.61. The Hall–Kier alpha value is -1.63. The normalized spacial score (nSPS) is 10.6. The Bertz CT molecular complexity index is 464. The number of hydrogen-bond acceptors (Lipinski definition) is 6. The zero-order chi connectivity index (χ0) is 9.97. The van der Waals surface area contributed by atoms with Gasteiger partial charge in [-0.1, -0.05) is 17.8 Å². The van der Waals surface area contributed by atoms with Crippen LogP contribution in [0.4, 0.5) is 5.95 Å². The number of nitrogens with two attached hydrogens (primary N) is 1. The quantitative estimate of drug-likeness (QED) is 0.436. The van der Waals surface area contributed by atoms with Crippen LogP contribution in [0.1, 0.15) is 0 Å². The molecule has 0 aromatic carbocycles. The molecule has 6 nitrogen and oxygen atoms in total.